The summed E-state index contributed by atoms with van der Waals surface area (Å²) in [5.74, 6) is -0.0512. The molecule has 3 N–H and O–H groups in total. The third-order valence-electron chi connectivity index (χ3n) is 14.5. The molecule has 408 valence electrons. The molecule has 0 bridgehead atoms. The van der Waals surface area contributed by atoms with Gasteiger partial charge in [0.1, 0.15) is 0 Å². The summed E-state index contributed by atoms with van der Waals surface area (Å²) in [6.07, 6.45) is 71.7. The Morgan fingerprint density at radius 3 is 1.12 bits per heavy atom. The van der Waals surface area contributed by atoms with E-state index in [0.29, 0.717) is 25.9 Å². The lowest BCUT2D eigenvalue weighted by atomic mass is 10.0. The number of aliphatic hydroxyl groups is 2. The average Bonchev–Trinajstić information content (AvgIpc) is 3.35. The van der Waals surface area contributed by atoms with Crippen molar-refractivity contribution in [1.82, 2.24) is 5.32 Å². The van der Waals surface area contributed by atoms with Gasteiger partial charge < -0.3 is 20.3 Å². The Morgan fingerprint density at radius 2 is 0.725 bits per heavy atom. The van der Waals surface area contributed by atoms with E-state index >= 15 is 0 Å². The summed E-state index contributed by atoms with van der Waals surface area (Å²) in [6.45, 7) is 4.94. The van der Waals surface area contributed by atoms with E-state index in [4.69, 9.17) is 4.74 Å². The van der Waals surface area contributed by atoms with Gasteiger partial charge in [-0.1, -0.05) is 295 Å². The normalized spacial score (nSPS) is 12.7. The fraction of sp³-hybridized carbons (Fsp3) is 0.905. The Morgan fingerprint density at radius 1 is 0.406 bits per heavy atom. The molecule has 0 aromatic rings. The van der Waals surface area contributed by atoms with Gasteiger partial charge in [0.15, 0.2) is 0 Å². The first-order valence-electron chi connectivity index (χ1n) is 31.1. The number of carbonyl (C=O) groups excluding carboxylic acids is 2. The van der Waals surface area contributed by atoms with E-state index in [-0.39, 0.29) is 18.5 Å². The molecule has 0 aliphatic carbocycles. The van der Waals surface area contributed by atoms with Crippen molar-refractivity contribution in [2.75, 3.05) is 13.2 Å². The number of hydrogen-bond acceptors (Lipinski definition) is 5. The van der Waals surface area contributed by atoms with Crippen molar-refractivity contribution in [1.29, 1.82) is 0 Å². The third-order valence-corrected chi connectivity index (χ3v) is 14.5. The zero-order valence-electron chi connectivity index (χ0n) is 46.6. The second-order valence-corrected chi connectivity index (χ2v) is 21.4. The molecular weight excluding hydrogens is 851 g/mol. The van der Waals surface area contributed by atoms with Crippen LogP contribution in [-0.2, 0) is 14.3 Å². The predicted molar refractivity (Wildman–Crippen MR) is 301 cm³/mol. The van der Waals surface area contributed by atoms with Gasteiger partial charge >= 0.3 is 5.97 Å². The number of aliphatic hydroxyl groups excluding tert-OH is 2. The molecule has 6 heteroatoms. The van der Waals surface area contributed by atoms with Crippen LogP contribution in [0, 0.1) is 0 Å². The van der Waals surface area contributed by atoms with Gasteiger partial charge in [-0.2, -0.15) is 0 Å². The zero-order chi connectivity index (χ0) is 50.0. The van der Waals surface area contributed by atoms with Gasteiger partial charge in [0.05, 0.1) is 25.4 Å². The van der Waals surface area contributed by atoms with E-state index < -0.39 is 12.1 Å². The molecule has 0 radical (unpaired) electrons. The molecule has 0 saturated heterocycles. The fourth-order valence-electron chi connectivity index (χ4n) is 9.73. The van der Waals surface area contributed by atoms with E-state index in [1.807, 2.05) is 0 Å². The molecule has 0 saturated carbocycles. The quantitative estimate of drug-likeness (QED) is 0.0321. The van der Waals surface area contributed by atoms with Gasteiger partial charge in [0.2, 0.25) is 5.91 Å². The van der Waals surface area contributed by atoms with E-state index in [1.165, 1.54) is 250 Å². The van der Waals surface area contributed by atoms with Crippen molar-refractivity contribution < 1.29 is 24.5 Å². The molecule has 0 heterocycles. The van der Waals surface area contributed by atoms with Gasteiger partial charge in [-0.05, 0) is 57.8 Å². The molecule has 0 spiro atoms. The van der Waals surface area contributed by atoms with Crippen LogP contribution < -0.4 is 5.32 Å². The molecule has 0 aliphatic rings. The summed E-state index contributed by atoms with van der Waals surface area (Å²) >= 11 is 0. The number of rotatable bonds is 58. The minimum atomic E-state index is -0.673. The monoisotopic (exact) mass is 972 g/mol. The number of allylic oxidation sites excluding steroid dienone is 4. The molecule has 0 aromatic carbocycles. The predicted octanol–water partition coefficient (Wildman–Crippen LogP) is 19.4. The highest BCUT2D eigenvalue weighted by Crippen LogP contribution is 2.18. The molecule has 2 unspecified atom stereocenters. The number of nitrogens with one attached hydrogen (secondary N) is 1. The Bertz CT molecular complexity index is 1080. The van der Waals surface area contributed by atoms with Gasteiger partial charge in [0.25, 0.3) is 0 Å². The van der Waals surface area contributed by atoms with Gasteiger partial charge in [-0.25, -0.2) is 0 Å². The molecule has 69 heavy (non-hydrogen) atoms. The molecular formula is C63H121NO5. The van der Waals surface area contributed by atoms with Crippen LogP contribution in [0.4, 0.5) is 0 Å². The standard InChI is InChI=1S/C63H121NO5/c1-3-5-7-9-11-13-15-17-19-21-23-24-25-27-31-35-39-43-47-51-55-61(66)60(59-65)64-62(67)56-52-48-44-40-36-32-29-30-34-38-42-46-50-54-58-69-63(68)57-53-49-45-41-37-33-28-26-22-20-18-16-14-12-10-8-6-4-2/h14,16,20,22,60-61,65-66H,3-13,15,17-19,21,23-59H2,1-2H3,(H,64,67)/b16-14-,22-20-. The van der Waals surface area contributed by atoms with E-state index in [9.17, 15) is 19.8 Å². The van der Waals surface area contributed by atoms with Crippen molar-refractivity contribution >= 4 is 11.9 Å². The van der Waals surface area contributed by atoms with E-state index in [2.05, 4.69) is 43.5 Å². The Labute approximate surface area is 431 Å². The van der Waals surface area contributed by atoms with E-state index in [1.54, 1.807) is 0 Å². The van der Waals surface area contributed by atoms with Crippen LogP contribution in [-0.4, -0.2) is 47.4 Å². The summed E-state index contributed by atoms with van der Waals surface area (Å²) < 4.78 is 5.48. The van der Waals surface area contributed by atoms with E-state index in [0.717, 1.165) is 57.8 Å². The number of carbonyl (C=O) groups is 2. The van der Waals surface area contributed by atoms with Crippen LogP contribution >= 0.6 is 0 Å². The number of esters is 1. The van der Waals surface area contributed by atoms with Crippen molar-refractivity contribution in [2.45, 2.75) is 353 Å². The molecule has 2 atom stereocenters. The van der Waals surface area contributed by atoms with Crippen molar-refractivity contribution in [3.05, 3.63) is 24.3 Å². The topological polar surface area (TPSA) is 95.9 Å². The van der Waals surface area contributed by atoms with Crippen molar-refractivity contribution in [2.24, 2.45) is 0 Å². The lowest BCUT2D eigenvalue weighted by molar-refractivity contribution is -0.143. The van der Waals surface area contributed by atoms with Crippen LogP contribution in [0.25, 0.3) is 0 Å². The van der Waals surface area contributed by atoms with Crippen LogP contribution in [0.5, 0.6) is 0 Å². The molecule has 0 fully saturated rings. The summed E-state index contributed by atoms with van der Waals surface area (Å²) in [5.41, 5.74) is 0. The summed E-state index contributed by atoms with van der Waals surface area (Å²) in [4.78, 5) is 24.6. The van der Waals surface area contributed by atoms with Crippen LogP contribution in [0.1, 0.15) is 341 Å². The fourth-order valence-corrected chi connectivity index (χ4v) is 9.73. The molecule has 6 nitrogen and oxygen atoms in total. The summed E-state index contributed by atoms with van der Waals surface area (Å²) in [6, 6.07) is -0.551. The maximum absolute atomic E-state index is 12.5. The number of hydrogen-bond donors (Lipinski definition) is 3. The summed E-state index contributed by atoms with van der Waals surface area (Å²) in [5, 5.41) is 23.4. The minimum absolute atomic E-state index is 0.00857. The smallest absolute Gasteiger partial charge is 0.305 e. The maximum Gasteiger partial charge on any atom is 0.305 e. The second kappa shape index (κ2) is 58.9. The molecule has 0 aromatic heterocycles. The summed E-state index contributed by atoms with van der Waals surface area (Å²) in [7, 11) is 0. The SMILES string of the molecule is CCCCCC/C=C\C/C=C\CCCCCCCCCC(=O)OCCCCCCCCCCCCCCCCC(=O)NC(CO)C(O)CCCCCCCCCCCCCCCCCCCCCC. The lowest BCUT2D eigenvalue weighted by Gasteiger charge is -2.22. The highest BCUT2D eigenvalue weighted by Gasteiger charge is 2.20. The zero-order valence-corrected chi connectivity index (χ0v) is 46.6. The van der Waals surface area contributed by atoms with Gasteiger partial charge in [-0.15, -0.1) is 0 Å². The molecule has 1 amide bonds. The van der Waals surface area contributed by atoms with Gasteiger partial charge in [0, 0.05) is 12.8 Å². The Balaban J connectivity index is 3.43. The first-order valence-corrected chi connectivity index (χ1v) is 31.1. The van der Waals surface area contributed by atoms with Crippen molar-refractivity contribution in [3.63, 3.8) is 0 Å². The maximum atomic E-state index is 12.5. The minimum Gasteiger partial charge on any atom is -0.466 e. The highest BCUT2D eigenvalue weighted by atomic mass is 16.5. The highest BCUT2D eigenvalue weighted by molar-refractivity contribution is 5.76. The molecule has 0 aliphatic heterocycles. The lowest BCUT2D eigenvalue weighted by Crippen LogP contribution is -2.45. The average molecular weight is 973 g/mol. The second-order valence-electron chi connectivity index (χ2n) is 21.4. The van der Waals surface area contributed by atoms with Crippen LogP contribution in [0.15, 0.2) is 24.3 Å². The first kappa shape index (κ1) is 67.3. The van der Waals surface area contributed by atoms with Crippen molar-refractivity contribution in [3.8, 4) is 0 Å². The Hall–Kier alpha value is -1.66. The number of amides is 1. The van der Waals surface area contributed by atoms with Gasteiger partial charge in [-0.3, -0.25) is 9.59 Å². The number of unbranched alkanes of at least 4 members (excludes halogenated alkanes) is 43. The largest absolute Gasteiger partial charge is 0.466 e. The molecule has 0 rings (SSSR count). The first-order chi connectivity index (χ1) is 34.0. The van der Waals surface area contributed by atoms with Crippen LogP contribution in [0.2, 0.25) is 0 Å². The third kappa shape index (κ3) is 55.5. The van der Waals surface area contributed by atoms with Crippen LogP contribution in [0.3, 0.4) is 0 Å². The number of ether oxygens (including phenoxy) is 1. The Kier molecular flexibility index (Phi) is 57.5.